The van der Waals surface area contributed by atoms with Crippen molar-refractivity contribution in [1.82, 2.24) is 0 Å². The van der Waals surface area contributed by atoms with E-state index >= 15 is 0 Å². The molecule has 0 aliphatic heterocycles. The summed E-state index contributed by atoms with van der Waals surface area (Å²) in [4.78, 5) is 25.7. The summed E-state index contributed by atoms with van der Waals surface area (Å²) in [5, 5.41) is 69.2. The maximum absolute atomic E-state index is 12.9. The molecule has 0 amide bonds. The van der Waals surface area contributed by atoms with Gasteiger partial charge in [-0.2, -0.15) is 0 Å². The van der Waals surface area contributed by atoms with Gasteiger partial charge in [0.2, 0.25) is 14.2 Å². The molecule has 10 nitrogen and oxygen atoms in total. The van der Waals surface area contributed by atoms with Gasteiger partial charge in [-0.15, -0.1) is 0 Å². The molecular weight excluding hydrogens is 1050 g/mol. The average molecular weight is 1120 g/mol. The van der Waals surface area contributed by atoms with Gasteiger partial charge in [0.15, 0.2) is 0 Å². The zero-order valence-corrected chi connectivity index (χ0v) is 56.5. The van der Waals surface area contributed by atoms with Gasteiger partial charge in [0.05, 0.1) is 22.0 Å². The normalized spacial score (nSPS) is 24.4. The molecule has 18 heteroatoms. The predicted octanol–water partition coefficient (Wildman–Crippen LogP) is -4.06. The van der Waals surface area contributed by atoms with Crippen molar-refractivity contribution in [2.45, 2.75) is 138 Å². The van der Waals surface area contributed by atoms with Crippen LogP contribution in [-0.4, -0.2) is 36.2 Å². The third-order valence-corrected chi connectivity index (χ3v) is 19.0. The number of carbonyl (C=O) groups is 2. The Morgan fingerprint density at radius 1 is 0.701 bits per heavy atom. The van der Waals surface area contributed by atoms with Gasteiger partial charge in [-0.1, -0.05) is 143 Å². The molecule has 4 fully saturated rings. The molecule has 4 aliphatic carbocycles. The minimum absolute atomic E-state index is 0. The number of rotatable bonds is 20. The number of hydrogen-bond acceptors (Lipinski definition) is 10. The number of hydrogen-bond donors (Lipinski definition) is 2. The van der Waals surface area contributed by atoms with E-state index in [9.17, 15) is 39.9 Å². The van der Waals surface area contributed by atoms with Gasteiger partial charge < -0.3 is 49.4 Å². The molecule has 0 saturated heterocycles. The number of fused-ring (bicyclic) bond motifs is 5. The van der Waals surface area contributed by atoms with Crippen LogP contribution in [0.3, 0.4) is 0 Å². The SMILES string of the molecule is CC(C)CCC[C@@H](C)[C@H]1CC[C@H]2[C@@H]3CC[C@H]4C[C@@H](CCC=C(c5cc(Cl)c(OCc6ccccc6B([O-])O)c(C(=O)[O-])c5)c5cc(Cl)c(OCc6ccccc6B([O-])O)c(C(=O)[O-])c5)CC[C@]4(C)[C@H]3CC[C@]12C.[Na+].[Na+].[Na+].[Na+]. The second-order valence-electron chi connectivity index (χ2n) is 22.9. The number of carbonyl (C=O) groups excluding carboxylic acids is 2. The summed E-state index contributed by atoms with van der Waals surface area (Å²) in [6.45, 7) is 11.9. The van der Waals surface area contributed by atoms with Crippen LogP contribution in [-0.2, 0) is 13.2 Å². The number of carboxylic acids is 2. The first-order valence-electron chi connectivity index (χ1n) is 26.7. The minimum atomic E-state index is -2.04. The summed E-state index contributed by atoms with van der Waals surface area (Å²) in [5.74, 6) is 2.30. The smallest absolute Gasteiger partial charge is 0.853 e. The monoisotopic (exact) mass is 1120 g/mol. The molecule has 0 heterocycles. The van der Waals surface area contributed by atoms with E-state index in [-0.39, 0.29) is 175 Å². The van der Waals surface area contributed by atoms with Crippen LogP contribution in [0.1, 0.15) is 167 Å². The first-order chi connectivity index (χ1) is 34.8. The molecule has 4 aromatic carbocycles. The molecule has 2 N–H and O–H groups in total. The molecule has 4 aromatic rings. The summed E-state index contributed by atoms with van der Waals surface area (Å²) in [6.07, 6.45) is 18.9. The molecule has 0 aromatic heterocycles. The Bertz CT molecular complexity index is 2550. The largest absolute Gasteiger partial charge is 1.00 e. The fourth-order valence-electron chi connectivity index (χ4n) is 14.7. The second kappa shape index (κ2) is 30.5. The first-order valence-corrected chi connectivity index (χ1v) is 27.5. The maximum Gasteiger partial charge on any atom is 1.00 e. The van der Waals surface area contributed by atoms with E-state index in [1.165, 1.54) is 101 Å². The molecule has 9 atom stereocenters. The molecular formula is C59H70B2Cl2Na4O10. The molecule has 0 unspecified atom stereocenters. The van der Waals surface area contributed by atoms with E-state index in [0.717, 1.165) is 54.8 Å². The quantitative estimate of drug-likeness (QED) is 0.0827. The van der Waals surface area contributed by atoms with Crippen molar-refractivity contribution in [2.24, 2.45) is 58.2 Å². The number of allylic oxidation sites excluding steroid dienone is 1. The minimum Gasteiger partial charge on any atom is -0.853 e. The van der Waals surface area contributed by atoms with Crippen LogP contribution in [0.4, 0.5) is 0 Å². The van der Waals surface area contributed by atoms with Crippen LogP contribution in [0.5, 0.6) is 11.5 Å². The van der Waals surface area contributed by atoms with E-state index in [1.807, 2.05) is 6.08 Å². The van der Waals surface area contributed by atoms with Crippen LogP contribution in [0.15, 0.2) is 78.9 Å². The van der Waals surface area contributed by atoms with E-state index in [0.29, 0.717) is 56.9 Å². The zero-order chi connectivity index (χ0) is 52.4. The van der Waals surface area contributed by atoms with Gasteiger partial charge in [-0.05, 0) is 181 Å². The number of aromatic carboxylic acids is 2. The fraction of sp³-hybridized carbons (Fsp3) is 0.525. The average Bonchev–Trinajstić information content (AvgIpc) is 3.72. The van der Waals surface area contributed by atoms with Crippen molar-refractivity contribution in [3.8, 4) is 11.5 Å². The van der Waals surface area contributed by atoms with Gasteiger partial charge in [-0.25, -0.2) is 0 Å². The standard InChI is InChI=1S/C59H72B2Cl2O10.4Na/c1-35(2)12-10-13-36(3)47-22-23-48-44-21-20-42-28-37(24-26-58(42,4)49(44)25-27-59(47,48)5)14-11-17-43(40-29-45(56(64)65)54(52(62)31-40)72-33-38-15-6-8-18-50(38)60(68)69)41-30-46(57(66)67)55(53(63)32-41)73-34-39-16-7-9-19-51(39)61(70)71;;;;/h6-9,15-19,29-32,35-37,42,44,47-49,68,70H,10-14,20-28,33-34H2,1-5H3,(H,64,65)(H,66,67);;;;/q-2;4*+1/p-2/t36-,37+,42+,44+,47-,48+,49+,58+,59-;;;;/m1..../s1. The molecule has 0 radical (unpaired) electrons. The van der Waals surface area contributed by atoms with Crippen LogP contribution in [0.25, 0.3) is 5.57 Å². The van der Waals surface area contributed by atoms with Crippen molar-refractivity contribution in [1.29, 1.82) is 0 Å². The summed E-state index contributed by atoms with van der Waals surface area (Å²) in [5.41, 5.74) is 1.95. The molecule has 4 saturated carbocycles. The van der Waals surface area contributed by atoms with Crippen molar-refractivity contribution in [2.75, 3.05) is 0 Å². The van der Waals surface area contributed by atoms with Crippen molar-refractivity contribution in [3.63, 3.8) is 0 Å². The fourth-order valence-corrected chi connectivity index (χ4v) is 15.3. The van der Waals surface area contributed by atoms with Gasteiger partial charge in [0.1, 0.15) is 24.7 Å². The predicted molar refractivity (Wildman–Crippen MR) is 281 cm³/mol. The van der Waals surface area contributed by atoms with E-state index in [2.05, 4.69) is 34.6 Å². The first kappa shape index (κ1) is 69.2. The van der Waals surface area contributed by atoms with E-state index < -0.39 is 26.2 Å². The van der Waals surface area contributed by atoms with Gasteiger partial charge >= 0.3 is 118 Å². The zero-order valence-electron chi connectivity index (χ0n) is 47.0. The van der Waals surface area contributed by atoms with Gasteiger partial charge in [0, 0.05) is 11.1 Å². The van der Waals surface area contributed by atoms with Crippen molar-refractivity contribution >= 4 is 65.9 Å². The van der Waals surface area contributed by atoms with Crippen LogP contribution < -0.4 is 159 Å². The molecule has 77 heavy (non-hydrogen) atoms. The number of carboxylic acid groups (broad SMARTS) is 2. The Morgan fingerprint density at radius 3 is 1.71 bits per heavy atom. The van der Waals surface area contributed by atoms with Crippen LogP contribution in [0, 0.1) is 58.2 Å². The summed E-state index contributed by atoms with van der Waals surface area (Å²) in [7, 11) is -4.08. The third kappa shape index (κ3) is 15.7. The van der Waals surface area contributed by atoms with Gasteiger partial charge in [0.25, 0.3) is 0 Å². The van der Waals surface area contributed by atoms with Gasteiger partial charge in [-0.3, -0.25) is 0 Å². The van der Waals surface area contributed by atoms with Crippen molar-refractivity contribution < 1.29 is 168 Å². The Kier molecular flexibility index (Phi) is 27.4. The van der Waals surface area contributed by atoms with Crippen LogP contribution >= 0.6 is 23.2 Å². The molecule has 390 valence electrons. The number of ether oxygens (including phenoxy) is 2. The van der Waals surface area contributed by atoms with Crippen LogP contribution in [0.2, 0.25) is 10.0 Å². The third-order valence-electron chi connectivity index (χ3n) is 18.4. The summed E-state index contributed by atoms with van der Waals surface area (Å²) >= 11 is 13.7. The Hall–Kier alpha value is -0.290. The Labute approximate surface area is 556 Å². The molecule has 4 aliphatic rings. The maximum atomic E-state index is 12.9. The number of halogens is 2. The second-order valence-corrected chi connectivity index (χ2v) is 23.8. The summed E-state index contributed by atoms with van der Waals surface area (Å²) < 4.78 is 11.9. The number of benzene rings is 4. The molecule has 8 rings (SSSR count). The Balaban J connectivity index is 0.00000320. The van der Waals surface area contributed by atoms with E-state index in [1.54, 1.807) is 36.4 Å². The summed E-state index contributed by atoms with van der Waals surface area (Å²) in [6, 6.07) is 18.4. The molecule has 0 bridgehead atoms. The molecule has 0 spiro atoms. The van der Waals surface area contributed by atoms with Crippen molar-refractivity contribution in [3.05, 3.63) is 122 Å². The Morgan fingerprint density at radius 2 is 1.21 bits per heavy atom. The topological polar surface area (TPSA) is 185 Å². The van der Waals surface area contributed by atoms with E-state index in [4.69, 9.17) is 32.7 Å².